The minimum Gasteiger partial charge on any atom is -0.360 e. The molecule has 2 aliphatic rings. The summed E-state index contributed by atoms with van der Waals surface area (Å²) in [5.74, 6) is 0. The highest BCUT2D eigenvalue weighted by molar-refractivity contribution is 5.85. The minimum absolute atomic E-state index is 0.152. The summed E-state index contributed by atoms with van der Waals surface area (Å²) in [7, 11) is 0. The molecule has 2 aliphatic heterocycles. The van der Waals surface area contributed by atoms with E-state index in [1.165, 1.54) is 22.3 Å². The lowest BCUT2D eigenvalue weighted by molar-refractivity contribution is -0.0662. The predicted molar refractivity (Wildman–Crippen MR) is 134 cm³/mol. The van der Waals surface area contributed by atoms with Crippen LogP contribution >= 0.6 is 0 Å². The van der Waals surface area contributed by atoms with Crippen LogP contribution in [0.5, 0.6) is 0 Å². The molecule has 3 aromatic carbocycles. The van der Waals surface area contributed by atoms with Crippen LogP contribution in [0.25, 0.3) is 11.1 Å². The van der Waals surface area contributed by atoms with Crippen LogP contribution < -0.4 is 4.90 Å². The third-order valence-electron chi connectivity index (χ3n) is 6.92. The Morgan fingerprint density at radius 3 is 2.28 bits per heavy atom. The van der Waals surface area contributed by atoms with Gasteiger partial charge in [0.2, 0.25) is 0 Å². The number of nitrogens with zero attached hydrogens (tertiary/aromatic N) is 1. The van der Waals surface area contributed by atoms with Gasteiger partial charge in [0.05, 0.1) is 16.9 Å². The summed E-state index contributed by atoms with van der Waals surface area (Å²) in [6.45, 7) is 12.4. The highest BCUT2D eigenvalue weighted by Gasteiger charge is 2.54. The van der Waals surface area contributed by atoms with Gasteiger partial charge >= 0.3 is 0 Å². The summed E-state index contributed by atoms with van der Waals surface area (Å²) < 4.78 is 6.50. The second-order valence-corrected chi connectivity index (χ2v) is 9.04. The average Bonchev–Trinajstić information content (AvgIpc) is 3.26. The zero-order chi connectivity index (χ0) is 22.3. The number of rotatable bonds is 6. The Hall–Kier alpha value is -3.36. The van der Waals surface area contributed by atoms with Crippen LogP contribution in [0.2, 0.25) is 0 Å². The van der Waals surface area contributed by atoms with E-state index in [2.05, 4.69) is 98.6 Å². The van der Waals surface area contributed by atoms with Crippen LogP contribution in [-0.4, -0.2) is 0 Å². The number of hydrogen-bond acceptors (Lipinski definition) is 2. The van der Waals surface area contributed by atoms with Gasteiger partial charge in [0.25, 0.3) is 0 Å². The van der Waals surface area contributed by atoms with Gasteiger partial charge in [-0.25, -0.2) is 0 Å². The molecule has 2 heterocycles. The maximum Gasteiger partial charge on any atom is 0.0920 e. The zero-order valence-corrected chi connectivity index (χ0v) is 18.8. The largest absolute Gasteiger partial charge is 0.360 e. The van der Waals surface area contributed by atoms with Gasteiger partial charge in [-0.2, -0.15) is 0 Å². The fraction of sp³-hybridized carbons (Fsp3) is 0.200. The maximum atomic E-state index is 6.50. The Labute approximate surface area is 191 Å². The van der Waals surface area contributed by atoms with E-state index in [0.717, 1.165) is 29.9 Å². The molecular formula is C30H29NO. The normalized spacial score (nSPS) is 23.6. The van der Waals surface area contributed by atoms with Gasteiger partial charge in [0, 0.05) is 16.9 Å². The number of hydrogen-bond donors (Lipinski definition) is 0. The lowest BCUT2D eigenvalue weighted by Crippen LogP contribution is -2.18. The first-order chi connectivity index (χ1) is 15.5. The van der Waals surface area contributed by atoms with Gasteiger partial charge in [-0.3, -0.25) is 0 Å². The summed E-state index contributed by atoms with van der Waals surface area (Å²) in [5, 5.41) is 0. The topological polar surface area (TPSA) is 12.5 Å². The summed E-state index contributed by atoms with van der Waals surface area (Å²) in [6.07, 6.45) is 7.83. The standard InChI is InChI=1S/C30H29NO/c1-5-12-23(6-2)31(24-13-8-7-9-14-24)28-16-11-10-15-25(28)22-17-18-26-27(21-22)30(4)20-19-29(26,3)32-30/h5-18,21H,1-2,19-20H2,3-4H3/b23-12+. The van der Waals surface area contributed by atoms with Crippen molar-refractivity contribution in [2.45, 2.75) is 37.9 Å². The van der Waals surface area contributed by atoms with Crippen molar-refractivity contribution in [2.75, 3.05) is 4.90 Å². The van der Waals surface area contributed by atoms with E-state index < -0.39 is 0 Å². The Kier molecular flexibility index (Phi) is 4.91. The van der Waals surface area contributed by atoms with Crippen LogP contribution in [0.4, 0.5) is 11.4 Å². The molecule has 5 rings (SSSR count). The molecule has 0 aromatic heterocycles. The Morgan fingerprint density at radius 1 is 0.875 bits per heavy atom. The molecule has 0 N–H and O–H groups in total. The first-order valence-corrected chi connectivity index (χ1v) is 11.2. The second-order valence-electron chi connectivity index (χ2n) is 9.04. The first kappa shape index (κ1) is 20.5. The highest BCUT2D eigenvalue weighted by Crippen LogP contribution is 2.58. The fourth-order valence-corrected chi connectivity index (χ4v) is 5.34. The number of ether oxygens (including phenoxy) is 1. The van der Waals surface area contributed by atoms with Crippen molar-refractivity contribution in [2.24, 2.45) is 0 Å². The monoisotopic (exact) mass is 419 g/mol. The van der Waals surface area contributed by atoms with Crippen molar-refractivity contribution in [3.05, 3.63) is 121 Å². The number of allylic oxidation sites excluding steroid dienone is 3. The van der Waals surface area contributed by atoms with Crippen LogP contribution in [0.3, 0.4) is 0 Å². The van der Waals surface area contributed by atoms with Gasteiger partial charge in [-0.1, -0.05) is 67.8 Å². The van der Waals surface area contributed by atoms with Crippen molar-refractivity contribution < 1.29 is 4.74 Å². The molecule has 0 radical (unpaired) electrons. The van der Waals surface area contributed by atoms with Crippen molar-refractivity contribution in [1.29, 1.82) is 0 Å². The van der Waals surface area contributed by atoms with E-state index >= 15 is 0 Å². The summed E-state index contributed by atoms with van der Waals surface area (Å²) >= 11 is 0. The smallest absolute Gasteiger partial charge is 0.0920 e. The van der Waals surface area contributed by atoms with Crippen LogP contribution in [0, 0.1) is 0 Å². The third-order valence-corrected chi connectivity index (χ3v) is 6.92. The van der Waals surface area contributed by atoms with Crippen LogP contribution in [-0.2, 0) is 15.9 Å². The summed E-state index contributed by atoms with van der Waals surface area (Å²) in [5.41, 5.74) is 7.85. The molecule has 0 spiro atoms. The van der Waals surface area contributed by atoms with E-state index in [0.29, 0.717) is 0 Å². The lowest BCUT2D eigenvalue weighted by Gasteiger charge is -2.29. The van der Waals surface area contributed by atoms with Crippen molar-refractivity contribution in [3.8, 4) is 11.1 Å². The molecule has 2 bridgehead atoms. The van der Waals surface area contributed by atoms with E-state index in [9.17, 15) is 0 Å². The highest BCUT2D eigenvalue weighted by atomic mass is 16.5. The summed E-state index contributed by atoms with van der Waals surface area (Å²) in [6, 6.07) is 25.8. The minimum atomic E-state index is -0.191. The Morgan fingerprint density at radius 2 is 1.56 bits per heavy atom. The zero-order valence-electron chi connectivity index (χ0n) is 18.8. The molecule has 1 fully saturated rings. The molecule has 2 nitrogen and oxygen atoms in total. The molecule has 160 valence electrons. The van der Waals surface area contributed by atoms with E-state index in [1.54, 1.807) is 6.08 Å². The fourth-order valence-electron chi connectivity index (χ4n) is 5.34. The van der Waals surface area contributed by atoms with Gasteiger partial charge in [-0.15, -0.1) is 0 Å². The number of fused-ring (bicyclic) bond motifs is 5. The first-order valence-electron chi connectivity index (χ1n) is 11.2. The van der Waals surface area contributed by atoms with Gasteiger partial charge in [-0.05, 0) is 79.8 Å². The van der Waals surface area contributed by atoms with Crippen molar-refractivity contribution >= 4 is 11.4 Å². The number of anilines is 2. The molecule has 2 unspecified atom stereocenters. The third kappa shape index (κ3) is 3.14. The average molecular weight is 420 g/mol. The Bertz CT molecular complexity index is 1220. The molecule has 32 heavy (non-hydrogen) atoms. The maximum absolute atomic E-state index is 6.50. The molecule has 2 heteroatoms. The van der Waals surface area contributed by atoms with Crippen LogP contribution in [0.1, 0.15) is 37.8 Å². The SMILES string of the molecule is C=C/C=C(\C=C)N(c1ccccc1)c1ccccc1-c1ccc2c(c1)C1(C)CCC2(C)O1. The van der Waals surface area contributed by atoms with E-state index in [-0.39, 0.29) is 11.2 Å². The summed E-state index contributed by atoms with van der Waals surface area (Å²) in [4.78, 5) is 2.24. The molecule has 0 saturated carbocycles. The quantitative estimate of drug-likeness (QED) is 0.375. The van der Waals surface area contributed by atoms with Gasteiger partial charge in [0.15, 0.2) is 0 Å². The van der Waals surface area contributed by atoms with Crippen LogP contribution in [0.15, 0.2) is 110 Å². The number of benzene rings is 3. The van der Waals surface area contributed by atoms with Gasteiger partial charge in [0.1, 0.15) is 0 Å². The lowest BCUT2D eigenvalue weighted by atomic mass is 9.77. The van der Waals surface area contributed by atoms with E-state index in [1.807, 2.05) is 18.2 Å². The Balaban J connectivity index is 1.69. The molecule has 1 saturated heterocycles. The molecule has 2 atom stereocenters. The second kappa shape index (κ2) is 7.65. The van der Waals surface area contributed by atoms with E-state index in [4.69, 9.17) is 4.74 Å². The molecule has 0 aliphatic carbocycles. The molecule has 3 aromatic rings. The number of para-hydroxylation sites is 2. The molecule has 0 amide bonds. The van der Waals surface area contributed by atoms with Crippen molar-refractivity contribution in [1.82, 2.24) is 0 Å². The molecular weight excluding hydrogens is 390 g/mol. The van der Waals surface area contributed by atoms with Gasteiger partial charge < -0.3 is 9.64 Å². The van der Waals surface area contributed by atoms with Crippen molar-refractivity contribution in [3.63, 3.8) is 0 Å². The predicted octanol–water partition coefficient (Wildman–Crippen LogP) is 8.00.